The number of nitrogens with one attached hydrogen (secondary N) is 1. The summed E-state index contributed by atoms with van der Waals surface area (Å²) >= 11 is 3.68. The predicted octanol–water partition coefficient (Wildman–Crippen LogP) is 2.72. The zero-order valence-electron chi connectivity index (χ0n) is 24.8. The van der Waals surface area contributed by atoms with Gasteiger partial charge in [-0.1, -0.05) is 28.1 Å². The Hall–Kier alpha value is -2.24. The maximum Gasteiger partial charge on any atom is 0.312 e. The first-order valence-electron chi connectivity index (χ1n) is 14.6. The molecule has 3 amide bonds. The molecule has 3 saturated heterocycles. The van der Waals surface area contributed by atoms with Gasteiger partial charge in [-0.3, -0.25) is 19.2 Å². The van der Waals surface area contributed by atoms with Crippen LogP contribution in [0.25, 0.3) is 0 Å². The molecule has 0 aromatic carbocycles. The number of hydrogen-bond acceptors (Lipinski definition) is 7. The van der Waals surface area contributed by atoms with Crippen LogP contribution in [0, 0.1) is 11.8 Å². The zero-order valence-corrected chi connectivity index (χ0v) is 26.4. The largest absolute Gasteiger partial charge is 0.460 e. The Morgan fingerprint density at radius 3 is 2.59 bits per heavy atom. The Morgan fingerprint density at radius 1 is 1.27 bits per heavy atom. The van der Waals surface area contributed by atoms with Crippen LogP contribution >= 0.6 is 15.9 Å². The van der Waals surface area contributed by atoms with Gasteiger partial charge in [0.25, 0.3) is 0 Å². The van der Waals surface area contributed by atoms with Crippen molar-refractivity contribution in [3.63, 3.8) is 0 Å². The highest BCUT2D eigenvalue weighted by molar-refractivity contribution is 9.09. The highest BCUT2D eigenvalue weighted by Gasteiger charge is 2.77. The zero-order chi connectivity index (χ0) is 30.5. The lowest BCUT2D eigenvalue weighted by Gasteiger charge is -2.42. The third-order valence-corrected chi connectivity index (χ3v) is 9.06. The fraction of sp³-hybridized carbons (Fsp3) is 0.733. The molecule has 11 heteroatoms. The number of hydrogen-bond donors (Lipinski definition) is 2. The number of likely N-dealkylation sites (tertiary alicyclic amines) is 1. The van der Waals surface area contributed by atoms with Gasteiger partial charge in [-0.15, -0.1) is 13.2 Å². The minimum absolute atomic E-state index is 0.0525. The van der Waals surface area contributed by atoms with E-state index in [1.807, 2.05) is 20.8 Å². The predicted molar refractivity (Wildman–Crippen MR) is 158 cm³/mol. The molecule has 230 valence electrons. The maximum absolute atomic E-state index is 14.3. The smallest absolute Gasteiger partial charge is 0.312 e. The van der Waals surface area contributed by atoms with Crippen molar-refractivity contribution in [3.05, 3.63) is 25.3 Å². The number of rotatable bonds is 15. The van der Waals surface area contributed by atoms with Gasteiger partial charge in [0.1, 0.15) is 17.7 Å². The Labute approximate surface area is 252 Å². The van der Waals surface area contributed by atoms with Crippen LogP contribution in [0.2, 0.25) is 0 Å². The van der Waals surface area contributed by atoms with Gasteiger partial charge < -0.3 is 29.7 Å². The number of halogens is 1. The molecule has 1 spiro atoms. The minimum atomic E-state index is -1.18. The number of fused-ring (bicyclic) bond motifs is 1. The van der Waals surface area contributed by atoms with Gasteiger partial charge in [-0.25, -0.2) is 0 Å². The van der Waals surface area contributed by atoms with Gasteiger partial charge in [-0.2, -0.15) is 0 Å². The SMILES string of the molecule is C=CCCC(=O)NC[C@@H](C)OC(=O)[C@H]1[C@@H]2O[C@@]3(CC2Br)[C@@H]1C(=O)N(CCCCCO)[C@@H]3C(=O)N(CC=C)C(C)(C)C. The molecule has 0 saturated carbocycles. The number of carbonyl (C=O) groups is 4. The van der Waals surface area contributed by atoms with Crippen molar-refractivity contribution in [1.29, 1.82) is 0 Å². The van der Waals surface area contributed by atoms with Crippen molar-refractivity contribution in [3.8, 4) is 0 Å². The Balaban J connectivity index is 1.89. The number of nitrogens with zero attached hydrogens (tertiary/aromatic N) is 2. The third-order valence-electron chi connectivity index (χ3n) is 8.22. The quantitative estimate of drug-likeness (QED) is 0.122. The van der Waals surface area contributed by atoms with E-state index in [0.717, 1.165) is 0 Å². The molecule has 2 N–H and O–H groups in total. The van der Waals surface area contributed by atoms with Gasteiger partial charge in [0.2, 0.25) is 17.7 Å². The van der Waals surface area contributed by atoms with Crippen LogP contribution < -0.4 is 5.32 Å². The van der Waals surface area contributed by atoms with Crippen LogP contribution in [-0.4, -0.2) is 99.1 Å². The summed E-state index contributed by atoms with van der Waals surface area (Å²) in [5.74, 6) is -3.00. The van der Waals surface area contributed by atoms with Gasteiger partial charge >= 0.3 is 5.97 Å². The maximum atomic E-state index is 14.3. The molecule has 0 radical (unpaired) electrons. The molecule has 3 aliphatic rings. The van der Waals surface area contributed by atoms with Gasteiger partial charge in [0.05, 0.1) is 24.5 Å². The highest BCUT2D eigenvalue weighted by Crippen LogP contribution is 2.60. The molecule has 3 fully saturated rings. The van der Waals surface area contributed by atoms with Crippen LogP contribution in [0.5, 0.6) is 0 Å². The molecule has 3 aliphatic heterocycles. The van der Waals surface area contributed by atoms with E-state index in [0.29, 0.717) is 51.6 Å². The molecule has 10 nitrogen and oxygen atoms in total. The van der Waals surface area contributed by atoms with Gasteiger partial charge in [0.15, 0.2) is 0 Å². The summed E-state index contributed by atoms with van der Waals surface area (Å²) in [5, 5.41) is 12.0. The van der Waals surface area contributed by atoms with Crippen molar-refractivity contribution in [2.75, 3.05) is 26.2 Å². The molecule has 2 bridgehead atoms. The second-order valence-electron chi connectivity index (χ2n) is 12.3. The van der Waals surface area contributed by atoms with Gasteiger partial charge in [-0.05, 0) is 59.8 Å². The van der Waals surface area contributed by atoms with Crippen LogP contribution in [0.15, 0.2) is 25.3 Å². The Morgan fingerprint density at radius 2 is 1.98 bits per heavy atom. The van der Waals surface area contributed by atoms with E-state index in [1.54, 1.807) is 28.9 Å². The Bertz CT molecular complexity index is 1010. The minimum Gasteiger partial charge on any atom is -0.460 e. The van der Waals surface area contributed by atoms with E-state index in [-0.39, 0.29) is 35.7 Å². The molecule has 7 atom stereocenters. The van der Waals surface area contributed by atoms with Gasteiger partial charge in [0, 0.05) is 36.5 Å². The molecule has 41 heavy (non-hydrogen) atoms. The summed E-state index contributed by atoms with van der Waals surface area (Å²) in [7, 11) is 0. The molecule has 3 heterocycles. The lowest BCUT2D eigenvalue weighted by atomic mass is 9.70. The number of aliphatic hydroxyl groups excluding tert-OH is 1. The Kier molecular flexibility index (Phi) is 11.2. The summed E-state index contributed by atoms with van der Waals surface area (Å²) in [4.78, 5) is 57.1. The van der Waals surface area contributed by atoms with Crippen molar-refractivity contribution >= 4 is 39.6 Å². The van der Waals surface area contributed by atoms with Crippen LogP contribution in [0.3, 0.4) is 0 Å². The summed E-state index contributed by atoms with van der Waals surface area (Å²) in [6.07, 6.45) is 5.24. The van der Waals surface area contributed by atoms with Crippen molar-refractivity contribution in [1.82, 2.24) is 15.1 Å². The number of unbranched alkanes of at least 4 members (excludes halogenated alkanes) is 2. The standard InChI is InChI=1S/C30H46BrN3O7/c1-7-9-13-21(36)32-18-19(3)40-28(39)22-23-26(37)33(15-11-10-12-16-35)25(30(23)17-20(31)24(22)41-30)27(38)34(14-8-2)29(4,5)6/h7-8,19-20,22-25,35H,1-2,9-18H2,3-6H3,(H,32,36)/t19-,20?,22-,23+,24-,25-,30+/m1/s1. The van der Waals surface area contributed by atoms with E-state index in [9.17, 15) is 24.3 Å². The highest BCUT2D eigenvalue weighted by atomic mass is 79.9. The molecule has 0 aromatic rings. The topological polar surface area (TPSA) is 125 Å². The molecular weight excluding hydrogens is 594 g/mol. The summed E-state index contributed by atoms with van der Waals surface area (Å²) in [6.45, 7) is 15.7. The average Bonchev–Trinajstić information content (AvgIpc) is 3.49. The van der Waals surface area contributed by atoms with E-state index < -0.39 is 47.2 Å². The fourth-order valence-corrected chi connectivity index (χ4v) is 7.30. The van der Waals surface area contributed by atoms with Crippen molar-refractivity contribution in [2.45, 2.75) is 100 Å². The van der Waals surface area contributed by atoms with E-state index in [1.165, 1.54) is 0 Å². The number of ether oxygens (including phenoxy) is 2. The van der Waals surface area contributed by atoms with Crippen LogP contribution in [0.4, 0.5) is 0 Å². The molecule has 3 rings (SSSR count). The third kappa shape index (κ3) is 6.88. The first kappa shape index (κ1) is 33.3. The van der Waals surface area contributed by atoms with Crippen molar-refractivity contribution < 1.29 is 33.8 Å². The van der Waals surface area contributed by atoms with E-state index in [2.05, 4.69) is 34.4 Å². The summed E-state index contributed by atoms with van der Waals surface area (Å²) < 4.78 is 12.3. The first-order valence-corrected chi connectivity index (χ1v) is 15.5. The number of aliphatic hydroxyl groups is 1. The monoisotopic (exact) mass is 639 g/mol. The average molecular weight is 641 g/mol. The molecule has 1 unspecified atom stereocenters. The molecule has 0 aromatic heterocycles. The summed E-state index contributed by atoms with van der Waals surface area (Å²) in [5.41, 5.74) is -1.72. The number of esters is 1. The van der Waals surface area contributed by atoms with E-state index >= 15 is 0 Å². The molecule has 0 aliphatic carbocycles. The lowest BCUT2D eigenvalue weighted by molar-refractivity contribution is -0.159. The number of carbonyl (C=O) groups excluding carboxylic acids is 4. The lowest BCUT2D eigenvalue weighted by Crippen LogP contribution is -2.60. The number of allylic oxidation sites excluding steroid dienone is 1. The van der Waals surface area contributed by atoms with E-state index in [4.69, 9.17) is 9.47 Å². The molecular formula is C30H46BrN3O7. The second kappa shape index (κ2) is 13.8. The summed E-state index contributed by atoms with van der Waals surface area (Å²) in [6, 6.07) is -0.905. The first-order chi connectivity index (χ1) is 19.3. The number of alkyl halides is 1. The second-order valence-corrected chi connectivity index (χ2v) is 13.4. The van der Waals surface area contributed by atoms with Crippen LogP contribution in [0.1, 0.15) is 66.2 Å². The normalized spacial score (nSPS) is 29.2. The van der Waals surface area contributed by atoms with Crippen LogP contribution in [-0.2, 0) is 28.7 Å². The fourth-order valence-electron chi connectivity index (χ4n) is 6.36. The number of amides is 3. The van der Waals surface area contributed by atoms with Crippen molar-refractivity contribution in [2.24, 2.45) is 11.8 Å².